The van der Waals surface area contributed by atoms with Gasteiger partial charge in [-0.05, 0) is 31.9 Å². The Labute approximate surface area is 95.6 Å². The average molecular weight is 243 g/mol. The molecule has 5 nitrogen and oxygen atoms in total. The molecule has 2 rings (SSSR count). The van der Waals surface area contributed by atoms with E-state index in [-0.39, 0.29) is 12.0 Å². The molecule has 6 heteroatoms. The van der Waals surface area contributed by atoms with Crippen molar-refractivity contribution in [2.24, 2.45) is 5.92 Å². The van der Waals surface area contributed by atoms with Crippen LogP contribution in [-0.4, -0.2) is 36.7 Å². The van der Waals surface area contributed by atoms with Crippen molar-refractivity contribution in [3.63, 3.8) is 0 Å². The summed E-state index contributed by atoms with van der Waals surface area (Å²) in [6.45, 7) is 2.79. The summed E-state index contributed by atoms with van der Waals surface area (Å²) in [5.41, 5.74) is 1.03. The van der Waals surface area contributed by atoms with Gasteiger partial charge < -0.3 is 5.32 Å². The Morgan fingerprint density at radius 3 is 3.06 bits per heavy atom. The maximum Gasteiger partial charge on any atom is 0.150 e. The second-order valence-electron chi connectivity index (χ2n) is 4.41. The lowest BCUT2D eigenvalue weighted by Gasteiger charge is -2.14. The molecule has 1 aromatic rings. The van der Waals surface area contributed by atoms with E-state index in [0.717, 1.165) is 18.7 Å². The van der Waals surface area contributed by atoms with Crippen molar-refractivity contribution in [1.29, 1.82) is 0 Å². The van der Waals surface area contributed by atoms with Gasteiger partial charge in [0.1, 0.15) is 0 Å². The molecule has 1 aliphatic rings. The van der Waals surface area contributed by atoms with Crippen LogP contribution in [-0.2, 0) is 9.84 Å². The van der Waals surface area contributed by atoms with Crippen molar-refractivity contribution in [2.45, 2.75) is 19.4 Å². The zero-order valence-electron chi connectivity index (χ0n) is 9.31. The normalized spacial score (nSPS) is 25.7. The van der Waals surface area contributed by atoms with Crippen LogP contribution < -0.4 is 5.32 Å². The summed E-state index contributed by atoms with van der Waals surface area (Å²) >= 11 is 0. The summed E-state index contributed by atoms with van der Waals surface area (Å²) < 4.78 is 22.5. The Hall–Kier alpha value is -0.880. The highest BCUT2D eigenvalue weighted by Gasteiger charge is 2.27. The second kappa shape index (κ2) is 4.55. The molecule has 2 atom stereocenters. The molecule has 0 aromatic carbocycles. The van der Waals surface area contributed by atoms with E-state index in [4.69, 9.17) is 0 Å². The van der Waals surface area contributed by atoms with Gasteiger partial charge in [-0.3, -0.25) is 5.10 Å². The molecule has 1 saturated heterocycles. The number of nitrogens with one attached hydrogen (secondary N) is 2. The molecule has 90 valence electrons. The second-order valence-corrected chi connectivity index (χ2v) is 6.64. The van der Waals surface area contributed by atoms with E-state index >= 15 is 0 Å². The Morgan fingerprint density at radius 1 is 1.69 bits per heavy atom. The monoisotopic (exact) mass is 243 g/mol. The summed E-state index contributed by atoms with van der Waals surface area (Å²) in [6.07, 6.45) is 2.50. The average Bonchev–Trinajstić information content (AvgIpc) is 2.83. The van der Waals surface area contributed by atoms with Gasteiger partial charge in [0.25, 0.3) is 0 Å². The number of rotatable bonds is 4. The highest BCUT2D eigenvalue weighted by molar-refractivity contribution is 7.91. The van der Waals surface area contributed by atoms with Crippen molar-refractivity contribution in [1.82, 2.24) is 15.5 Å². The maximum absolute atomic E-state index is 11.3. The first-order valence-electron chi connectivity index (χ1n) is 5.50. The maximum atomic E-state index is 11.3. The summed E-state index contributed by atoms with van der Waals surface area (Å²) in [7, 11) is -2.76. The molecule has 16 heavy (non-hydrogen) atoms. The Bertz CT molecular complexity index is 427. The van der Waals surface area contributed by atoms with Crippen molar-refractivity contribution in [3.8, 4) is 0 Å². The van der Waals surface area contributed by atoms with E-state index in [1.165, 1.54) is 0 Å². The summed E-state index contributed by atoms with van der Waals surface area (Å²) in [4.78, 5) is 0. The van der Waals surface area contributed by atoms with Gasteiger partial charge in [-0.2, -0.15) is 5.10 Å². The van der Waals surface area contributed by atoms with Crippen LogP contribution in [0, 0.1) is 5.92 Å². The molecule has 0 saturated carbocycles. The van der Waals surface area contributed by atoms with E-state index in [9.17, 15) is 8.42 Å². The van der Waals surface area contributed by atoms with Gasteiger partial charge in [-0.1, -0.05) is 0 Å². The van der Waals surface area contributed by atoms with E-state index in [2.05, 4.69) is 15.5 Å². The number of aromatic nitrogens is 2. The molecule has 0 radical (unpaired) electrons. The fourth-order valence-corrected chi connectivity index (χ4v) is 3.86. The standard InChI is InChI=1S/C10H17N3O2S/c1-8(10-2-4-12-13-10)11-6-9-3-5-16(14,15)7-9/h2,4,8-9,11H,3,5-7H2,1H3,(H,12,13). The zero-order valence-corrected chi connectivity index (χ0v) is 10.1. The molecule has 0 bridgehead atoms. The van der Waals surface area contributed by atoms with Crippen molar-refractivity contribution >= 4 is 9.84 Å². The smallest absolute Gasteiger partial charge is 0.150 e. The minimum Gasteiger partial charge on any atom is -0.309 e. The number of sulfone groups is 1. The number of aromatic amines is 1. The fraction of sp³-hybridized carbons (Fsp3) is 0.700. The first-order chi connectivity index (χ1) is 7.57. The van der Waals surface area contributed by atoms with Crippen LogP contribution in [0.25, 0.3) is 0 Å². The van der Waals surface area contributed by atoms with Crippen molar-refractivity contribution in [3.05, 3.63) is 18.0 Å². The SMILES string of the molecule is CC(NCC1CCS(=O)(=O)C1)c1ccn[nH]1. The summed E-state index contributed by atoms with van der Waals surface area (Å²) in [5.74, 6) is 0.934. The molecule has 2 N–H and O–H groups in total. The molecule has 1 aromatic heterocycles. The predicted octanol–water partition coefficient (Wildman–Crippen LogP) is 0.495. The quantitative estimate of drug-likeness (QED) is 0.807. The van der Waals surface area contributed by atoms with Gasteiger partial charge >= 0.3 is 0 Å². The largest absolute Gasteiger partial charge is 0.309 e. The van der Waals surface area contributed by atoms with Crippen LogP contribution in [0.4, 0.5) is 0 Å². The summed E-state index contributed by atoms with van der Waals surface area (Å²) in [5, 5.41) is 10.1. The molecule has 0 aliphatic carbocycles. The van der Waals surface area contributed by atoms with Crippen LogP contribution in [0.2, 0.25) is 0 Å². The van der Waals surface area contributed by atoms with Gasteiger partial charge in [0.05, 0.1) is 17.2 Å². The topological polar surface area (TPSA) is 74.8 Å². The molecule has 0 spiro atoms. The molecule has 0 amide bonds. The van der Waals surface area contributed by atoms with Crippen LogP contribution in [0.5, 0.6) is 0 Å². The van der Waals surface area contributed by atoms with Crippen LogP contribution >= 0.6 is 0 Å². The Balaban J connectivity index is 1.80. The zero-order chi connectivity index (χ0) is 11.6. The molecular weight excluding hydrogens is 226 g/mol. The third-order valence-corrected chi connectivity index (χ3v) is 4.87. The van der Waals surface area contributed by atoms with E-state index in [1.807, 2.05) is 13.0 Å². The number of hydrogen-bond donors (Lipinski definition) is 2. The van der Waals surface area contributed by atoms with Gasteiger partial charge in [-0.25, -0.2) is 8.42 Å². The lowest BCUT2D eigenvalue weighted by molar-refractivity contribution is 0.470. The molecular formula is C10H17N3O2S. The number of nitrogens with zero attached hydrogens (tertiary/aromatic N) is 1. The van der Waals surface area contributed by atoms with Crippen LogP contribution in [0.1, 0.15) is 25.1 Å². The van der Waals surface area contributed by atoms with Gasteiger partial charge in [0, 0.05) is 12.2 Å². The first kappa shape index (κ1) is 11.6. The minimum absolute atomic E-state index is 0.186. The highest BCUT2D eigenvalue weighted by atomic mass is 32.2. The van der Waals surface area contributed by atoms with Gasteiger partial charge in [0.2, 0.25) is 0 Å². The van der Waals surface area contributed by atoms with Gasteiger partial charge in [0.15, 0.2) is 9.84 Å². The Morgan fingerprint density at radius 2 is 2.50 bits per heavy atom. The highest BCUT2D eigenvalue weighted by Crippen LogP contribution is 2.18. The number of hydrogen-bond acceptors (Lipinski definition) is 4. The first-order valence-corrected chi connectivity index (χ1v) is 7.32. The number of H-pyrrole nitrogens is 1. The lowest BCUT2D eigenvalue weighted by atomic mass is 10.1. The van der Waals surface area contributed by atoms with Crippen LogP contribution in [0.15, 0.2) is 12.3 Å². The minimum atomic E-state index is -2.76. The van der Waals surface area contributed by atoms with Crippen molar-refractivity contribution in [2.75, 3.05) is 18.1 Å². The van der Waals surface area contributed by atoms with E-state index in [0.29, 0.717) is 11.5 Å². The third-order valence-electron chi connectivity index (χ3n) is 3.03. The van der Waals surface area contributed by atoms with E-state index < -0.39 is 9.84 Å². The van der Waals surface area contributed by atoms with Crippen molar-refractivity contribution < 1.29 is 8.42 Å². The Kier molecular flexibility index (Phi) is 3.30. The molecule has 2 unspecified atom stereocenters. The van der Waals surface area contributed by atoms with E-state index in [1.54, 1.807) is 6.20 Å². The molecule has 1 fully saturated rings. The lowest BCUT2D eigenvalue weighted by Crippen LogP contribution is -2.26. The van der Waals surface area contributed by atoms with Crippen LogP contribution in [0.3, 0.4) is 0 Å². The fourth-order valence-electron chi connectivity index (χ4n) is 1.99. The predicted molar refractivity (Wildman–Crippen MR) is 61.8 cm³/mol. The molecule has 1 aliphatic heterocycles. The van der Waals surface area contributed by atoms with Gasteiger partial charge in [-0.15, -0.1) is 0 Å². The third kappa shape index (κ3) is 2.82. The summed E-state index contributed by atoms with van der Waals surface area (Å²) in [6, 6.07) is 2.11. The molecule has 2 heterocycles.